The lowest BCUT2D eigenvalue weighted by Crippen LogP contribution is -2.16. The Labute approximate surface area is 62.7 Å². The van der Waals surface area contributed by atoms with E-state index in [-0.39, 0.29) is 18.3 Å². The largest absolute Gasteiger partial charge is 0.388 e. The Hall–Kier alpha value is -1.10. The van der Waals surface area contributed by atoms with E-state index in [0.29, 0.717) is 5.82 Å². The predicted molar refractivity (Wildman–Crippen MR) is 37.0 cm³/mol. The molecule has 1 aliphatic rings. The molecule has 0 aromatic carbocycles. The molecule has 2 N–H and O–H groups in total. The van der Waals surface area contributed by atoms with Gasteiger partial charge in [0.15, 0.2) is 5.82 Å². The first kappa shape index (κ1) is 6.60. The van der Waals surface area contributed by atoms with Gasteiger partial charge in [0.1, 0.15) is 6.61 Å². The van der Waals surface area contributed by atoms with Gasteiger partial charge in [0.25, 0.3) is 0 Å². The number of aliphatic hydroxyl groups excluding tert-OH is 1. The quantitative estimate of drug-likeness (QED) is 0.599. The normalized spacial score (nSPS) is 17.2. The number of nitrogens with zero attached hydrogens (tertiary/aromatic N) is 2. The standard InChI is InChI=1S/C6H9N3O2/c10-3-5-7-6(11)9(8-5)4-1-2-4/h4,10H,1-3H2,(H,7,8,11). The van der Waals surface area contributed by atoms with Gasteiger partial charge in [0, 0.05) is 0 Å². The van der Waals surface area contributed by atoms with Crippen molar-refractivity contribution in [2.45, 2.75) is 25.5 Å². The first-order valence-corrected chi connectivity index (χ1v) is 3.60. The Morgan fingerprint density at radius 2 is 2.45 bits per heavy atom. The van der Waals surface area contributed by atoms with Crippen LogP contribution in [0.3, 0.4) is 0 Å². The van der Waals surface area contributed by atoms with Crippen molar-refractivity contribution in [3.8, 4) is 0 Å². The molecular formula is C6H9N3O2. The monoisotopic (exact) mass is 155 g/mol. The number of nitrogens with one attached hydrogen (secondary N) is 1. The summed E-state index contributed by atoms with van der Waals surface area (Å²) in [6.45, 7) is -0.199. The molecule has 0 radical (unpaired) electrons. The van der Waals surface area contributed by atoms with Crippen molar-refractivity contribution in [1.82, 2.24) is 14.8 Å². The van der Waals surface area contributed by atoms with Crippen molar-refractivity contribution in [3.05, 3.63) is 16.3 Å². The van der Waals surface area contributed by atoms with Gasteiger partial charge in [0.2, 0.25) is 0 Å². The van der Waals surface area contributed by atoms with Crippen LogP contribution in [-0.4, -0.2) is 19.9 Å². The summed E-state index contributed by atoms with van der Waals surface area (Å²) in [6, 6.07) is 0.277. The second-order valence-corrected chi connectivity index (χ2v) is 2.71. The van der Waals surface area contributed by atoms with Gasteiger partial charge < -0.3 is 5.11 Å². The molecule has 0 bridgehead atoms. The Morgan fingerprint density at radius 1 is 1.73 bits per heavy atom. The zero-order valence-electron chi connectivity index (χ0n) is 5.95. The molecule has 11 heavy (non-hydrogen) atoms. The highest BCUT2D eigenvalue weighted by Gasteiger charge is 2.26. The lowest BCUT2D eigenvalue weighted by Gasteiger charge is -1.89. The summed E-state index contributed by atoms with van der Waals surface area (Å²) >= 11 is 0. The summed E-state index contributed by atoms with van der Waals surface area (Å²) in [6.07, 6.45) is 2.05. The molecule has 1 saturated carbocycles. The van der Waals surface area contributed by atoms with E-state index >= 15 is 0 Å². The average molecular weight is 155 g/mol. The minimum Gasteiger partial charge on any atom is -0.388 e. The predicted octanol–water partition coefficient (Wildman–Crippen LogP) is -0.601. The lowest BCUT2D eigenvalue weighted by atomic mass is 10.7. The van der Waals surface area contributed by atoms with Gasteiger partial charge in [-0.3, -0.25) is 4.98 Å². The van der Waals surface area contributed by atoms with Gasteiger partial charge in [-0.25, -0.2) is 9.48 Å². The molecule has 5 heteroatoms. The van der Waals surface area contributed by atoms with E-state index in [0.717, 1.165) is 12.8 Å². The van der Waals surface area contributed by atoms with E-state index < -0.39 is 0 Å². The Balaban J connectivity index is 2.38. The second kappa shape index (κ2) is 2.20. The maximum atomic E-state index is 11.0. The zero-order valence-corrected chi connectivity index (χ0v) is 5.95. The molecule has 1 aliphatic carbocycles. The number of aromatic amines is 1. The summed E-state index contributed by atoms with van der Waals surface area (Å²) in [5.41, 5.74) is -0.212. The first-order valence-electron chi connectivity index (χ1n) is 3.60. The number of rotatable bonds is 2. The molecule has 1 heterocycles. The van der Waals surface area contributed by atoms with Gasteiger partial charge in [-0.2, -0.15) is 5.10 Å². The van der Waals surface area contributed by atoms with E-state index in [9.17, 15) is 4.79 Å². The van der Waals surface area contributed by atoms with Crippen molar-refractivity contribution in [2.75, 3.05) is 0 Å². The zero-order chi connectivity index (χ0) is 7.84. The van der Waals surface area contributed by atoms with Crippen LogP contribution < -0.4 is 5.69 Å². The highest BCUT2D eigenvalue weighted by atomic mass is 16.3. The summed E-state index contributed by atoms with van der Waals surface area (Å²) in [7, 11) is 0. The van der Waals surface area contributed by atoms with E-state index in [4.69, 9.17) is 5.11 Å². The summed E-state index contributed by atoms with van der Waals surface area (Å²) in [5, 5.41) is 12.5. The van der Waals surface area contributed by atoms with Crippen molar-refractivity contribution in [1.29, 1.82) is 0 Å². The average Bonchev–Trinajstić information content (AvgIpc) is 2.76. The highest BCUT2D eigenvalue weighted by molar-refractivity contribution is 4.86. The molecule has 0 atom stereocenters. The molecule has 0 saturated heterocycles. The number of H-pyrrole nitrogens is 1. The fraction of sp³-hybridized carbons (Fsp3) is 0.667. The van der Waals surface area contributed by atoms with Crippen LogP contribution in [0.5, 0.6) is 0 Å². The Bertz CT molecular complexity index is 310. The van der Waals surface area contributed by atoms with E-state index in [2.05, 4.69) is 10.1 Å². The van der Waals surface area contributed by atoms with E-state index in [1.54, 1.807) is 0 Å². The Kier molecular flexibility index (Phi) is 1.32. The third-order valence-electron chi connectivity index (χ3n) is 1.73. The molecule has 0 unspecified atom stereocenters. The van der Waals surface area contributed by atoms with Crippen LogP contribution >= 0.6 is 0 Å². The van der Waals surface area contributed by atoms with Crippen molar-refractivity contribution in [2.24, 2.45) is 0 Å². The minimum atomic E-state index is -0.212. The summed E-state index contributed by atoms with van der Waals surface area (Å²) < 4.78 is 1.41. The second-order valence-electron chi connectivity index (χ2n) is 2.71. The van der Waals surface area contributed by atoms with Crippen molar-refractivity contribution < 1.29 is 5.11 Å². The smallest absolute Gasteiger partial charge is 0.343 e. The maximum Gasteiger partial charge on any atom is 0.343 e. The SMILES string of the molecule is O=c1[nH]c(CO)nn1C1CC1. The molecule has 5 nitrogen and oxygen atoms in total. The molecule has 0 aliphatic heterocycles. The minimum absolute atomic E-state index is 0.199. The van der Waals surface area contributed by atoms with Crippen LogP contribution in [0.2, 0.25) is 0 Å². The molecule has 60 valence electrons. The topological polar surface area (TPSA) is 70.9 Å². The van der Waals surface area contributed by atoms with Gasteiger partial charge >= 0.3 is 5.69 Å². The fourth-order valence-corrected chi connectivity index (χ4v) is 1.02. The summed E-state index contributed by atoms with van der Waals surface area (Å²) in [5.74, 6) is 0.349. The highest BCUT2D eigenvalue weighted by Crippen LogP contribution is 2.32. The van der Waals surface area contributed by atoms with Crippen molar-refractivity contribution in [3.63, 3.8) is 0 Å². The molecule has 1 fully saturated rings. The summed E-state index contributed by atoms with van der Waals surface area (Å²) in [4.78, 5) is 13.5. The van der Waals surface area contributed by atoms with Gasteiger partial charge in [-0.1, -0.05) is 0 Å². The van der Waals surface area contributed by atoms with Crippen LogP contribution in [0.15, 0.2) is 4.79 Å². The van der Waals surface area contributed by atoms with Crippen LogP contribution in [-0.2, 0) is 6.61 Å². The Morgan fingerprint density at radius 3 is 2.91 bits per heavy atom. The van der Waals surface area contributed by atoms with Gasteiger partial charge in [-0.05, 0) is 12.8 Å². The van der Waals surface area contributed by atoms with E-state index in [1.807, 2.05) is 0 Å². The third-order valence-corrected chi connectivity index (χ3v) is 1.73. The number of aromatic nitrogens is 3. The number of hydrogen-bond donors (Lipinski definition) is 2. The molecule has 0 amide bonds. The van der Waals surface area contributed by atoms with Crippen molar-refractivity contribution >= 4 is 0 Å². The fourth-order valence-electron chi connectivity index (χ4n) is 1.02. The maximum absolute atomic E-state index is 11.0. The van der Waals surface area contributed by atoms with Crippen LogP contribution in [0, 0.1) is 0 Å². The van der Waals surface area contributed by atoms with Crippen LogP contribution in [0.25, 0.3) is 0 Å². The number of aliphatic hydroxyl groups is 1. The lowest BCUT2D eigenvalue weighted by molar-refractivity contribution is 0.270. The van der Waals surface area contributed by atoms with Crippen LogP contribution in [0.4, 0.5) is 0 Å². The van der Waals surface area contributed by atoms with Gasteiger partial charge in [0.05, 0.1) is 6.04 Å². The molecular weight excluding hydrogens is 146 g/mol. The van der Waals surface area contributed by atoms with Gasteiger partial charge in [-0.15, -0.1) is 0 Å². The molecule has 1 aromatic heterocycles. The molecule has 2 rings (SSSR count). The third kappa shape index (κ3) is 1.07. The number of hydrogen-bond acceptors (Lipinski definition) is 3. The first-order chi connectivity index (χ1) is 5.31. The van der Waals surface area contributed by atoms with Crippen LogP contribution in [0.1, 0.15) is 24.7 Å². The van der Waals surface area contributed by atoms with E-state index in [1.165, 1.54) is 4.68 Å². The molecule has 1 aromatic rings. The molecule has 0 spiro atoms.